The molecule has 1 atom stereocenters. The summed E-state index contributed by atoms with van der Waals surface area (Å²) in [5.74, 6) is -0.168. The number of rotatable bonds is 4. The SMILES string of the molecule is CO[C@H]1CCCN(c2ccc(NC(=O)c3ccoc3)cc2)C1. The smallest absolute Gasteiger partial charge is 0.258 e. The van der Waals surface area contributed by atoms with E-state index in [1.807, 2.05) is 24.3 Å². The van der Waals surface area contributed by atoms with E-state index in [-0.39, 0.29) is 5.91 Å². The zero-order valence-corrected chi connectivity index (χ0v) is 12.6. The van der Waals surface area contributed by atoms with Crippen LogP contribution in [0.2, 0.25) is 0 Å². The van der Waals surface area contributed by atoms with Gasteiger partial charge in [0.15, 0.2) is 0 Å². The van der Waals surface area contributed by atoms with Gasteiger partial charge in [0.05, 0.1) is 17.9 Å². The molecule has 5 nitrogen and oxygen atoms in total. The van der Waals surface area contributed by atoms with Crippen LogP contribution >= 0.6 is 0 Å². The molecule has 1 aromatic heterocycles. The van der Waals surface area contributed by atoms with Crippen LogP contribution in [-0.2, 0) is 4.74 Å². The number of hydrogen-bond donors (Lipinski definition) is 1. The maximum atomic E-state index is 11.9. The van der Waals surface area contributed by atoms with Gasteiger partial charge in [-0.2, -0.15) is 0 Å². The van der Waals surface area contributed by atoms with Crippen molar-refractivity contribution in [2.45, 2.75) is 18.9 Å². The summed E-state index contributed by atoms with van der Waals surface area (Å²) in [6.07, 6.45) is 5.47. The monoisotopic (exact) mass is 300 g/mol. The molecule has 0 spiro atoms. The number of amides is 1. The highest BCUT2D eigenvalue weighted by Gasteiger charge is 2.19. The molecule has 1 aliphatic heterocycles. The summed E-state index contributed by atoms with van der Waals surface area (Å²) in [6, 6.07) is 9.54. The topological polar surface area (TPSA) is 54.7 Å². The largest absolute Gasteiger partial charge is 0.472 e. The zero-order chi connectivity index (χ0) is 15.4. The Hall–Kier alpha value is -2.27. The van der Waals surface area contributed by atoms with Crippen LogP contribution in [0.25, 0.3) is 0 Å². The Labute approximate surface area is 129 Å². The molecule has 5 heteroatoms. The molecule has 2 heterocycles. The van der Waals surface area contributed by atoms with Crippen molar-refractivity contribution in [2.75, 3.05) is 30.4 Å². The van der Waals surface area contributed by atoms with Gasteiger partial charge in [-0.05, 0) is 43.2 Å². The number of methoxy groups -OCH3 is 1. The summed E-state index contributed by atoms with van der Waals surface area (Å²) < 4.78 is 10.4. The van der Waals surface area contributed by atoms with Crippen LogP contribution in [0.4, 0.5) is 11.4 Å². The van der Waals surface area contributed by atoms with E-state index < -0.39 is 0 Å². The van der Waals surface area contributed by atoms with Gasteiger partial charge in [-0.25, -0.2) is 0 Å². The van der Waals surface area contributed by atoms with Crippen LogP contribution in [0, 0.1) is 0 Å². The van der Waals surface area contributed by atoms with Gasteiger partial charge in [-0.15, -0.1) is 0 Å². The quantitative estimate of drug-likeness (QED) is 0.942. The van der Waals surface area contributed by atoms with Crippen molar-refractivity contribution in [2.24, 2.45) is 0 Å². The predicted molar refractivity (Wildman–Crippen MR) is 85.3 cm³/mol. The van der Waals surface area contributed by atoms with Crippen LogP contribution in [0.3, 0.4) is 0 Å². The van der Waals surface area contributed by atoms with Crippen molar-refractivity contribution < 1.29 is 13.9 Å². The highest BCUT2D eigenvalue weighted by molar-refractivity contribution is 6.04. The van der Waals surface area contributed by atoms with Crippen LogP contribution in [0.1, 0.15) is 23.2 Å². The number of hydrogen-bond acceptors (Lipinski definition) is 4. The van der Waals surface area contributed by atoms with Gasteiger partial charge >= 0.3 is 0 Å². The molecule has 1 fully saturated rings. The molecular formula is C17H20N2O3. The molecule has 1 aromatic carbocycles. The number of furan rings is 1. The molecule has 1 saturated heterocycles. The summed E-state index contributed by atoms with van der Waals surface area (Å²) in [6.45, 7) is 1.96. The lowest BCUT2D eigenvalue weighted by Crippen LogP contribution is -2.39. The van der Waals surface area contributed by atoms with Crippen molar-refractivity contribution in [3.05, 3.63) is 48.4 Å². The first kappa shape index (κ1) is 14.7. The fourth-order valence-electron chi connectivity index (χ4n) is 2.72. The third-order valence-corrected chi connectivity index (χ3v) is 3.99. The van der Waals surface area contributed by atoms with E-state index in [2.05, 4.69) is 10.2 Å². The number of nitrogens with zero attached hydrogens (tertiary/aromatic N) is 1. The summed E-state index contributed by atoms with van der Waals surface area (Å²) in [7, 11) is 1.77. The Morgan fingerprint density at radius 2 is 2.14 bits per heavy atom. The Morgan fingerprint density at radius 1 is 1.32 bits per heavy atom. The average molecular weight is 300 g/mol. The fraction of sp³-hybridized carbons (Fsp3) is 0.353. The molecule has 2 aromatic rings. The minimum Gasteiger partial charge on any atom is -0.472 e. The minimum absolute atomic E-state index is 0.168. The predicted octanol–water partition coefficient (Wildman–Crippen LogP) is 3.15. The Kier molecular flexibility index (Phi) is 4.44. The van der Waals surface area contributed by atoms with Gasteiger partial charge in [-0.1, -0.05) is 0 Å². The molecule has 0 aliphatic carbocycles. The second-order valence-electron chi connectivity index (χ2n) is 5.46. The van der Waals surface area contributed by atoms with Gasteiger partial charge in [0.1, 0.15) is 6.26 Å². The summed E-state index contributed by atoms with van der Waals surface area (Å²) in [5, 5.41) is 2.85. The van der Waals surface area contributed by atoms with E-state index in [1.165, 1.54) is 12.5 Å². The lowest BCUT2D eigenvalue weighted by molar-refractivity contribution is 0.0893. The Balaban J connectivity index is 1.64. The number of ether oxygens (including phenoxy) is 1. The number of carbonyl (C=O) groups is 1. The maximum absolute atomic E-state index is 11.9. The minimum atomic E-state index is -0.168. The standard InChI is InChI=1S/C17H20N2O3/c1-21-16-3-2-9-19(11-16)15-6-4-14(5-7-15)18-17(20)13-8-10-22-12-13/h4-8,10,12,16H,2-3,9,11H2,1H3,(H,18,20)/t16-/m0/s1. The third-order valence-electron chi connectivity index (χ3n) is 3.99. The van der Waals surface area contributed by atoms with E-state index in [1.54, 1.807) is 13.2 Å². The van der Waals surface area contributed by atoms with E-state index in [0.717, 1.165) is 37.3 Å². The number of benzene rings is 1. The maximum Gasteiger partial charge on any atom is 0.258 e. The van der Waals surface area contributed by atoms with Crippen molar-refractivity contribution in [1.82, 2.24) is 0 Å². The van der Waals surface area contributed by atoms with Gasteiger partial charge < -0.3 is 19.4 Å². The zero-order valence-electron chi connectivity index (χ0n) is 12.6. The van der Waals surface area contributed by atoms with Crippen LogP contribution < -0.4 is 10.2 Å². The molecule has 0 bridgehead atoms. The Bertz CT molecular complexity index is 607. The van der Waals surface area contributed by atoms with Crippen molar-refractivity contribution in [1.29, 1.82) is 0 Å². The number of anilines is 2. The summed E-state index contributed by atoms with van der Waals surface area (Å²) in [5.41, 5.74) is 2.45. The van der Waals surface area contributed by atoms with E-state index in [0.29, 0.717) is 11.7 Å². The van der Waals surface area contributed by atoms with E-state index in [4.69, 9.17) is 9.15 Å². The molecule has 1 N–H and O–H groups in total. The lowest BCUT2D eigenvalue weighted by atomic mass is 10.1. The molecule has 1 aliphatic rings. The lowest BCUT2D eigenvalue weighted by Gasteiger charge is -2.33. The fourth-order valence-corrected chi connectivity index (χ4v) is 2.72. The molecule has 0 saturated carbocycles. The molecule has 0 unspecified atom stereocenters. The first-order valence-electron chi connectivity index (χ1n) is 7.47. The molecule has 116 valence electrons. The molecule has 1 amide bonds. The van der Waals surface area contributed by atoms with E-state index in [9.17, 15) is 4.79 Å². The summed E-state index contributed by atoms with van der Waals surface area (Å²) >= 11 is 0. The first-order valence-corrected chi connectivity index (χ1v) is 7.47. The second kappa shape index (κ2) is 6.66. The van der Waals surface area contributed by atoms with Gasteiger partial charge in [0.25, 0.3) is 5.91 Å². The number of nitrogens with one attached hydrogen (secondary N) is 1. The molecule has 22 heavy (non-hydrogen) atoms. The van der Waals surface area contributed by atoms with Gasteiger partial charge in [0.2, 0.25) is 0 Å². The average Bonchev–Trinajstić information content (AvgIpc) is 3.10. The highest BCUT2D eigenvalue weighted by Crippen LogP contribution is 2.23. The second-order valence-corrected chi connectivity index (χ2v) is 5.46. The third kappa shape index (κ3) is 3.31. The molecule has 0 radical (unpaired) electrons. The van der Waals surface area contributed by atoms with Crippen LogP contribution in [0.5, 0.6) is 0 Å². The summed E-state index contributed by atoms with van der Waals surface area (Å²) in [4.78, 5) is 14.3. The molecular weight excluding hydrogens is 280 g/mol. The Morgan fingerprint density at radius 3 is 2.82 bits per heavy atom. The van der Waals surface area contributed by atoms with Gasteiger partial charge in [-0.3, -0.25) is 4.79 Å². The normalized spacial score (nSPS) is 18.2. The van der Waals surface area contributed by atoms with Crippen LogP contribution in [-0.4, -0.2) is 32.2 Å². The van der Waals surface area contributed by atoms with Gasteiger partial charge in [0, 0.05) is 31.6 Å². The number of piperidine rings is 1. The molecule has 3 rings (SSSR count). The number of carbonyl (C=O) groups excluding carboxylic acids is 1. The van der Waals surface area contributed by atoms with Crippen molar-refractivity contribution >= 4 is 17.3 Å². The highest BCUT2D eigenvalue weighted by atomic mass is 16.5. The van der Waals surface area contributed by atoms with Crippen LogP contribution in [0.15, 0.2) is 47.3 Å². The first-order chi connectivity index (χ1) is 10.8. The van der Waals surface area contributed by atoms with E-state index >= 15 is 0 Å². The van der Waals surface area contributed by atoms with Crippen molar-refractivity contribution in [3.63, 3.8) is 0 Å². The van der Waals surface area contributed by atoms with Crippen molar-refractivity contribution in [3.8, 4) is 0 Å².